The largest absolute Gasteiger partial charge is 0.495 e. The van der Waals surface area contributed by atoms with Gasteiger partial charge in [-0.05, 0) is 49.1 Å². The molecule has 2 aromatic carbocycles. The van der Waals surface area contributed by atoms with Gasteiger partial charge in [-0.25, -0.2) is 8.42 Å². The van der Waals surface area contributed by atoms with Crippen molar-refractivity contribution in [2.75, 3.05) is 30.8 Å². The number of hydrogen-bond acceptors (Lipinski definition) is 5. The predicted octanol–water partition coefficient (Wildman–Crippen LogP) is 4.23. The van der Waals surface area contributed by atoms with Crippen molar-refractivity contribution in [3.63, 3.8) is 0 Å². The number of amides is 2. The van der Waals surface area contributed by atoms with Crippen LogP contribution in [0.1, 0.15) is 45.1 Å². The van der Waals surface area contributed by atoms with Crippen LogP contribution in [0.2, 0.25) is 5.02 Å². The number of anilines is 1. The van der Waals surface area contributed by atoms with Crippen LogP contribution in [-0.2, 0) is 26.2 Å². The molecular formula is C26H36ClN3O5S. The molecule has 2 aromatic rings. The fourth-order valence-corrected chi connectivity index (χ4v) is 4.99. The van der Waals surface area contributed by atoms with Crippen LogP contribution in [0, 0.1) is 0 Å². The molecule has 0 aliphatic carbocycles. The zero-order valence-electron chi connectivity index (χ0n) is 21.4. The van der Waals surface area contributed by atoms with Gasteiger partial charge in [-0.3, -0.25) is 13.9 Å². The average molecular weight is 538 g/mol. The van der Waals surface area contributed by atoms with E-state index >= 15 is 0 Å². The predicted molar refractivity (Wildman–Crippen MR) is 144 cm³/mol. The Morgan fingerprint density at radius 1 is 1.08 bits per heavy atom. The van der Waals surface area contributed by atoms with Gasteiger partial charge in [0.1, 0.15) is 11.8 Å². The summed E-state index contributed by atoms with van der Waals surface area (Å²) in [6.07, 6.45) is 2.71. The van der Waals surface area contributed by atoms with Crippen molar-refractivity contribution >= 4 is 39.1 Å². The molecule has 0 fully saturated rings. The highest BCUT2D eigenvalue weighted by Gasteiger charge is 2.29. The van der Waals surface area contributed by atoms with Crippen molar-refractivity contribution in [1.82, 2.24) is 10.2 Å². The highest BCUT2D eigenvalue weighted by Crippen LogP contribution is 2.29. The molecule has 0 aromatic heterocycles. The second kappa shape index (κ2) is 14.1. The van der Waals surface area contributed by atoms with Gasteiger partial charge in [0.05, 0.1) is 19.1 Å². The number of nitrogens with zero attached hydrogens (tertiary/aromatic N) is 2. The Hall–Kier alpha value is -2.78. The molecule has 1 N–H and O–H groups in total. The molecule has 2 rings (SSSR count). The van der Waals surface area contributed by atoms with E-state index in [0.29, 0.717) is 29.4 Å². The van der Waals surface area contributed by atoms with Crippen LogP contribution in [0.25, 0.3) is 0 Å². The molecule has 10 heteroatoms. The Morgan fingerprint density at radius 3 is 2.33 bits per heavy atom. The van der Waals surface area contributed by atoms with E-state index in [2.05, 4.69) is 5.32 Å². The van der Waals surface area contributed by atoms with Gasteiger partial charge < -0.3 is 15.0 Å². The monoisotopic (exact) mass is 537 g/mol. The number of rotatable bonds is 14. The maximum Gasteiger partial charge on any atom is 0.242 e. The summed E-state index contributed by atoms with van der Waals surface area (Å²) in [6.45, 7) is 4.70. The number of carbonyl (C=O) groups excluding carboxylic acids is 2. The summed E-state index contributed by atoms with van der Waals surface area (Å²) in [7, 11) is -2.14. The number of halogens is 1. The minimum absolute atomic E-state index is 0.0757. The van der Waals surface area contributed by atoms with E-state index in [1.165, 1.54) is 11.4 Å². The van der Waals surface area contributed by atoms with Crippen LogP contribution in [0.15, 0.2) is 48.5 Å². The molecule has 0 radical (unpaired) electrons. The van der Waals surface area contributed by atoms with Crippen molar-refractivity contribution < 1.29 is 22.7 Å². The van der Waals surface area contributed by atoms with E-state index in [0.717, 1.165) is 18.2 Å². The van der Waals surface area contributed by atoms with E-state index in [-0.39, 0.29) is 37.7 Å². The van der Waals surface area contributed by atoms with Crippen LogP contribution in [0.3, 0.4) is 0 Å². The van der Waals surface area contributed by atoms with E-state index < -0.39 is 16.1 Å². The Kier molecular flexibility index (Phi) is 11.5. The lowest BCUT2D eigenvalue weighted by Crippen LogP contribution is -2.49. The molecule has 1 atom stereocenters. The number of methoxy groups -OCH3 is 1. The number of nitrogens with one attached hydrogen (secondary N) is 1. The van der Waals surface area contributed by atoms with Crippen molar-refractivity contribution in [3.8, 4) is 5.75 Å². The van der Waals surface area contributed by atoms with Crippen LogP contribution in [-0.4, -0.2) is 57.6 Å². The minimum atomic E-state index is -3.61. The summed E-state index contributed by atoms with van der Waals surface area (Å²) in [5, 5.41) is 3.47. The van der Waals surface area contributed by atoms with Gasteiger partial charge in [-0.2, -0.15) is 0 Å². The zero-order valence-corrected chi connectivity index (χ0v) is 22.9. The number of carbonyl (C=O) groups is 2. The normalized spacial score (nSPS) is 12.0. The number of sulfonamides is 1. The molecule has 2 amide bonds. The van der Waals surface area contributed by atoms with Gasteiger partial charge in [0, 0.05) is 31.1 Å². The van der Waals surface area contributed by atoms with E-state index in [1.807, 2.05) is 26.0 Å². The molecular weight excluding hydrogens is 502 g/mol. The quantitative estimate of drug-likeness (QED) is 0.389. The number of benzene rings is 2. The van der Waals surface area contributed by atoms with E-state index in [9.17, 15) is 18.0 Å². The van der Waals surface area contributed by atoms with E-state index in [1.54, 1.807) is 41.3 Å². The zero-order chi connectivity index (χ0) is 26.7. The van der Waals surface area contributed by atoms with Crippen LogP contribution < -0.4 is 14.4 Å². The lowest BCUT2D eigenvalue weighted by molar-refractivity contribution is -0.141. The standard InChI is InChI=1S/C26H36ClN3O5S/c1-5-17-28-26(32)22(6-2)29(19-20-13-15-21(27)16-14-20)25(31)12-9-18-30(36(4,33)34)23-10-7-8-11-24(23)35-3/h7-8,10-11,13-16,22H,5-6,9,12,17-19H2,1-4H3,(H,28,32)/t22-/m1/s1. The van der Waals surface area contributed by atoms with Crippen molar-refractivity contribution in [1.29, 1.82) is 0 Å². The Morgan fingerprint density at radius 2 is 1.75 bits per heavy atom. The van der Waals surface area contributed by atoms with Crippen molar-refractivity contribution in [2.24, 2.45) is 0 Å². The molecule has 198 valence electrons. The first-order valence-corrected chi connectivity index (χ1v) is 14.3. The molecule has 0 bridgehead atoms. The Balaban J connectivity index is 2.22. The second-order valence-corrected chi connectivity index (χ2v) is 10.8. The average Bonchev–Trinajstić information content (AvgIpc) is 2.85. The molecule has 0 heterocycles. The molecule has 0 saturated carbocycles. The third-order valence-corrected chi connectivity index (χ3v) is 7.14. The van der Waals surface area contributed by atoms with Gasteiger partial charge in [0.15, 0.2) is 0 Å². The smallest absolute Gasteiger partial charge is 0.242 e. The van der Waals surface area contributed by atoms with Crippen molar-refractivity contribution in [3.05, 3.63) is 59.1 Å². The summed E-state index contributed by atoms with van der Waals surface area (Å²) in [4.78, 5) is 27.8. The first kappa shape index (κ1) is 29.5. The van der Waals surface area contributed by atoms with Gasteiger partial charge in [-0.15, -0.1) is 0 Å². The SMILES string of the molecule is CCCNC(=O)[C@@H](CC)N(Cc1ccc(Cl)cc1)C(=O)CCCN(c1ccccc1OC)S(C)(=O)=O. The minimum Gasteiger partial charge on any atom is -0.495 e. The maximum absolute atomic E-state index is 13.4. The third-order valence-electron chi connectivity index (χ3n) is 5.71. The molecule has 0 aliphatic rings. The summed E-state index contributed by atoms with van der Waals surface area (Å²) >= 11 is 6.01. The number of para-hydroxylation sites is 2. The third kappa shape index (κ3) is 8.41. The lowest BCUT2D eigenvalue weighted by Gasteiger charge is -2.31. The highest BCUT2D eigenvalue weighted by atomic mass is 35.5. The summed E-state index contributed by atoms with van der Waals surface area (Å²) in [5.74, 6) is 0.00244. The van der Waals surface area contributed by atoms with Gasteiger partial charge in [0.25, 0.3) is 0 Å². The maximum atomic E-state index is 13.4. The first-order valence-electron chi connectivity index (χ1n) is 12.0. The fourth-order valence-electron chi connectivity index (χ4n) is 3.89. The molecule has 8 nitrogen and oxygen atoms in total. The molecule has 0 saturated heterocycles. The topological polar surface area (TPSA) is 96.0 Å². The summed E-state index contributed by atoms with van der Waals surface area (Å²) in [6, 6.07) is 13.3. The molecule has 36 heavy (non-hydrogen) atoms. The summed E-state index contributed by atoms with van der Waals surface area (Å²) in [5.41, 5.74) is 1.26. The van der Waals surface area contributed by atoms with Crippen LogP contribution in [0.5, 0.6) is 5.75 Å². The fraction of sp³-hybridized carbons (Fsp3) is 0.462. The molecule has 0 aliphatic heterocycles. The first-order chi connectivity index (χ1) is 17.1. The highest BCUT2D eigenvalue weighted by molar-refractivity contribution is 7.92. The van der Waals surface area contributed by atoms with Crippen LogP contribution in [0.4, 0.5) is 5.69 Å². The molecule has 0 unspecified atom stereocenters. The van der Waals surface area contributed by atoms with E-state index in [4.69, 9.17) is 16.3 Å². The number of ether oxygens (including phenoxy) is 1. The second-order valence-electron chi connectivity index (χ2n) is 8.47. The van der Waals surface area contributed by atoms with Crippen LogP contribution >= 0.6 is 11.6 Å². The van der Waals surface area contributed by atoms with Crippen molar-refractivity contribution in [2.45, 2.75) is 52.1 Å². The molecule has 0 spiro atoms. The Labute approximate surface area is 219 Å². The lowest BCUT2D eigenvalue weighted by atomic mass is 10.1. The summed E-state index contributed by atoms with van der Waals surface area (Å²) < 4.78 is 31.6. The van der Waals surface area contributed by atoms with Gasteiger partial charge in [0.2, 0.25) is 21.8 Å². The van der Waals surface area contributed by atoms with Gasteiger partial charge in [-0.1, -0.05) is 49.7 Å². The Bertz CT molecular complexity index is 1110. The number of hydrogen-bond donors (Lipinski definition) is 1. The van der Waals surface area contributed by atoms with Gasteiger partial charge >= 0.3 is 0 Å².